The van der Waals surface area contributed by atoms with Gasteiger partial charge in [0.2, 0.25) is 0 Å². The van der Waals surface area contributed by atoms with Gasteiger partial charge in [-0.3, -0.25) is 0 Å². The topological polar surface area (TPSA) is 29.5 Å². The molecule has 0 aromatic heterocycles. The van der Waals surface area contributed by atoms with Gasteiger partial charge < -0.3 is 9.84 Å². The van der Waals surface area contributed by atoms with Crippen LogP contribution in [0.5, 0.6) is 5.75 Å². The number of phenols is 1. The zero-order chi connectivity index (χ0) is 18.0. The average molecular weight is 334 g/mol. The van der Waals surface area contributed by atoms with Crippen LogP contribution in [-0.4, -0.2) is 10.7 Å². The van der Waals surface area contributed by atoms with E-state index in [0.29, 0.717) is 12.4 Å². The maximum Gasteiger partial charge on any atom is 0.115 e. The third-order valence-corrected chi connectivity index (χ3v) is 3.70. The van der Waals surface area contributed by atoms with Crippen molar-refractivity contribution in [2.75, 3.05) is 0 Å². The van der Waals surface area contributed by atoms with Gasteiger partial charge in [-0.1, -0.05) is 78.9 Å². The van der Waals surface area contributed by atoms with E-state index in [-0.39, 0.29) is 5.60 Å². The summed E-state index contributed by atoms with van der Waals surface area (Å²) in [5, 5.41) is 8.63. The Hall–Kier alpha value is -2.58. The Balaban J connectivity index is 0.000000269. The second-order valence-corrected chi connectivity index (χ2v) is 6.53. The zero-order valence-corrected chi connectivity index (χ0v) is 14.9. The fourth-order valence-electron chi connectivity index (χ4n) is 2.42. The minimum Gasteiger partial charge on any atom is -0.508 e. The van der Waals surface area contributed by atoms with Gasteiger partial charge in [0, 0.05) is 6.42 Å². The first kappa shape index (κ1) is 18.8. The molecular weight excluding hydrogens is 308 g/mol. The van der Waals surface area contributed by atoms with Crippen molar-refractivity contribution in [1.29, 1.82) is 0 Å². The van der Waals surface area contributed by atoms with Gasteiger partial charge in [-0.25, -0.2) is 0 Å². The van der Waals surface area contributed by atoms with Crippen LogP contribution < -0.4 is 0 Å². The first-order valence-electron chi connectivity index (χ1n) is 8.51. The molecule has 0 aliphatic heterocycles. The average Bonchev–Trinajstić information content (AvgIpc) is 2.63. The minimum atomic E-state index is -0.142. The summed E-state index contributed by atoms with van der Waals surface area (Å²) in [5.74, 6) is 0.322. The van der Waals surface area contributed by atoms with E-state index in [1.165, 1.54) is 11.1 Å². The summed E-state index contributed by atoms with van der Waals surface area (Å²) in [7, 11) is 0. The molecule has 0 heterocycles. The molecule has 0 bridgehead atoms. The van der Waals surface area contributed by atoms with Crippen molar-refractivity contribution in [3.63, 3.8) is 0 Å². The number of aromatic hydroxyl groups is 1. The minimum absolute atomic E-state index is 0.142. The molecule has 0 saturated heterocycles. The van der Waals surface area contributed by atoms with Crippen molar-refractivity contribution in [2.24, 2.45) is 0 Å². The van der Waals surface area contributed by atoms with Crippen LogP contribution in [0, 0.1) is 0 Å². The van der Waals surface area contributed by atoms with Crippen LogP contribution in [0.4, 0.5) is 0 Å². The smallest absolute Gasteiger partial charge is 0.115 e. The molecule has 3 rings (SSSR count). The summed E-state index contributed by atoms with van der Waals surface area (Å²) >= 11 is 0. The second-order valence-electron chi connectivity index (χ2n) is 6.53. The highest BCUT2D eigenvalue weighted by molar-refractivity contribution is 5.19. The molecule has 25 heavy (non-hydrogen) atoms. The van der Waals surface area contributed by atoms with Gasteiger partial charge in [-0.05, 0) is 37.1 Å². The summed E-state index contributed by atoms with van der Waals surface area (Å²) in [6.45, 7) is 4.95. The van der Waals surface area contributed by atoms with Crippen molar-refractivity contribution in [3.8, 4) is 5.75 Å². The summed E-state index contributed by atoms with van der Waals surface area (Å²) in [4.78, 5) is 0. The lowest BCUT2D eigenvalue weighted by Crippen LogP contribution is -2.27. The van der Waals surface area contributed by atoms with Crippen LogP contribution in [0.15, 0.2) is 91.0 Å². The number of ether oxygens (including phenoxy) is 1. The number of hydrogen-bond donors (Lipinski definition) is 1. The van der Waals surface area contributed by atoms with Gasteiger partial charge in [0.25, 0.3) is 0 Å². The standard InChI is InChI=1S/C17H20O.C6H6O/c1-17(2,13-15-9-5-3-6-10-15)18-14-16-11-7-4-8-12-16;7-6-4-2-1-3-5-6/h3-12H,13-14H2,1-2H3;1-5,7H. The van der Waals surface area contributed by atoms with Gasteiger partial charge in [0.05, 0.1) is 12.2 Å². The van der Waals surface area contributed by atoms with Crippen molar-refractivity contribution >= 4 is 0 Å². The molecule has 0 unspecified atom stereocenters. The molecule has 0 aliphatic rings. The molecule has 2 heteroatoms. The normalized spacial score (nSPS) is 10.6. The Bertz CT molecular complexity index is 707. The van der Waals surface area contributed by atoms with Crippen molar-refractivity contribution in [2.45, 2.75) is 32.5 Å². The second kappa shape index (κ2) is 9.65. The number of rotatable bonds is 5. The van der Waals surface area contributed by atoms with E-state index in [9.17, 15) is 0 Å². The quantitative estimate of drug-likeness (QED) is 0.656. The highest BCUT2D eigenvalue weighted by Crippen LogP contribution is 2.18. The van der Waals surface area contributed by atoms with Crippen molar-refractivity contribution < 1.29 is 9.84 Å². The van der Waals surface area contributed by atoms with Crippen LogP contribution in [0.3, 0.4) is 0 Å². The first-order chi connectivity index (χ1) is 12.1. The fraction of sp³-hybridized carbons (Fsp3) is 0.217. The lowest BCUT2D eigenvalue weighted by Gasteiger charge is -2.25. The van der Waals surface area contributed by atoms with E-state index < -0.39 is 0 Å². The maximum atomic E-state index is 8.63. The van der Waals surface area contributed by atoms with Crippen LogP contribution in [-0.2, 0) is 17.8 Å². The highest BCUT2D eigenvalue weighted by atomic mass is 16.5. The lowest BCUT2D eigenvalue weighted by atomic mass is 9.98. The Morgan fingerprint density at radius 2 is 1.12 bits per heavy atom. The molecule has 0 amide bonds. The molecule has 0 spiro atoms. The monoisotopic (exact) mass is 334 g/mol. The molecule has 0 radical (unpaired) electrons. The molecule has 0 atom stereocenters. The van der Waals surface area contributed by atoms with Gasteiger partial charge in [-0.15, -0.1) is 0 Å². The Morgan fingerprint density at radius 3 is 1.56 bits per heavy atom. The molecule has 130 valence electrons. The zero-order valence-electron chi connectivity index (χ0n) is 14.9. The van der Waals surface area contributed by atoms with Crippen LogP contribution in [0.1, 0.15) is 25.0 Å². The molecule has 0 saturated carbocycles. The molecular formula is C23H26O2. The SMILES string of the molecule is CC(C)(Cc1ccccc1)OCc1ccccc1.Oc1ccccc1. The van der Waals surface area contributed by atoms with Gasteiger partial charge in [0.15, 0.2) is 0 Å². The maximum absolute atomic E-state index is 8.63. The third kappa shape index (κ3) is 7.69. The molecule has 0 aliphatic carbocycles. The molecule has 2 nitrogen and oxygen atoms in total. The molecule has 3 aromatic carbocycles. The predicted molar refractivity (Wildman–Crippen MR) is 104 cm³/mol. The van der Waals surface area contributed by atoms with Crippen LogP contribution >= 0.6 is 0 Å². The van der Waals surface area contributed by atoms with E-state index in [4.69, 9.17) is 9.84 Å². The van der Waals surface area contributed by atoms with E-state index >= 15 is 0 Å². The fourth-order valence-corrected chi connectivity index (χ4v) is 2.42. The number of hydrogen-bond acceptors (Lipinski definition) is 2. The summed E-state index contributed by atoms with van der Waals surface area (Å²) < 4.78 is 6.02. The van der Waals surface area contributed by atoms with Crippen LogP contribution in [0.25, 0.3) is 0 Å². The van der Waals surface area contributed by atoms with E-state index in [2.05, 4.69) is 50.2 Å². The number of benzene rings is 3. The van der Waals surface area contributed by atoms with Gasteiger partial charge in [0.1, 0.15) is 5.75 Å². The van der Waals surface area contributed by atoms with E-state index in [1.54, 1.807) is 24.3 Å². The molecule has 0 fully saturated rings. The number of phenolic OH excluding ortho intramolecular Hbond substituents is 1. The Labute approximate surface area is 150 Å². The van der Waals surface area contributed by atoms with E-state index in [1.807, 2.05) is 30.3 Å². The third-order valence-electron chi connectivity index (χ3n) is 3.70. The Kier molecular flexibility index (Phi) is 7.24. The van der Waals surface area contributed by atoms with E-state index in [0.717, 1.165) is 6.42 Å². The largest absolute Gasteiger partial charge is 0.508 e. The predicted octanol–water partition coefficient (Wildman–Crippen LogP) is 5.62. The first-order valence-corrected chi connectivity index (χ1v) is 8.51. The van der Waals surface area contributed by atoms with Crippen LogP contribution in [0.2, 0.25) is 0 Å². The summed E-state index contributed by atoms with van der Waals surface area (Å²) in [6.07, 6.45) is 0.931. The molecule has 1 N–H and O–H groups in total. The van der Waals surface area contributed by atoms with Gasteiger partial charge >= 0.3 is 0 Å². The van der Waals surface area contributed by atoms with Crippen molar-refractivity contribution in [1.82, 2.24) is 0 Å². The summed E-state index contributed by atoms with van der Waals surface area (Å²) in [5.41, 5.74) is 2.39. The van der Waals surface area contributed by atoms with Crippen molar-refractivity contribution in [3.05, 3.63) is 102 Å². The Morgan fingerprint density at radius 1 is 0.680 bits per heavy atom. The summed E-state index contributed by atoms with van der Waals surface area (Å²) in [6, 6.07) is 29.5. The highest BCUT2D eigenvalue weighted by Gasteiger charge is 2.18. The number of para-hydroxylation sites is 1. The van der Waals surface area contributed by atoms with Gasteiger partial charge in [-0.2, -0.15) is 0 Å². The lowest BCUT2D eigenvalue weighted by molar-refractivity contribution is -0.0287. The molecule has 3 aromatic rings.